The van der Waals surface area contributed by atoms with Gasteiger partial charge in [-0.1, -0.05) is 13.8 Å². The van der Waals surface area contributed by atoms with Crippen LogP contribution in [0, 0.1) is 0 Å². The minimum Gasteiger partial charge on any atom is -0.388 e. The Morgan fingerprint density at radius 1 is 1.00 bits per heavy atom. The van der Waals surface area contributed by atoms with Crippen molar-refractivity contribution in [3.05, 3.63) is 0 Å². The van der Waals surface area contributed by atoms with Crippen molar-refractivity contribution < 1.29 is 24.8 Å². The van der Waals surface area contributed by atoms with Crippen LogP contribution in [0.1, 0.15) is 20.8 Å². The van der Waals surface area contributed by atoms with Gasteiger partial charge < -0.3 is 24.8 Å². The highest BCUT2D eigenvalue weighted by Crippen LogP contribution is 2.20. The molecule has 5 atom stereocenters. The smallest absolute Gasteiger partial charge is 0.186 e. The van der Waals surface area contributed by atoms with Crippen LogP contribution in [0.25, 0.3) is 0 Å². The lowest BCUT2D eigenvalue weighted by atomic mass is 10.0. The summed E-state index contributed by atoms with van der Waals surface area (Å²) in [6.07, 6.45) is -4.86. The maximum absolute atomic E-state index is 9.27. The van der Waals surface area contributed by atoms with Crippen molar-refractivity contribution in [2.75, 3.05) is 7.11 Å². The molecule has 0 aromatic heterocycles. The van der Waals surface area contributed by atoms with E-state index in [9.17, 15) is 15.3 Å². The first-order chi connectivity index (χ1) is 6.57. The number of hydrogen-bond acceptors (Lipinski definition) is 5. The molecule has 3 N–H and O–H groups in total. The molecule has 1 heterocycles. The molecule has 0 aromatic rings. The van der Waals surface area contributed by atoms with Gasteiger partial charge in [0, 0.05) is 7.11 Å². The lowest BCUT2D eigenvalue weighted by molar-refractivity contribution is -0.286. The van der Waals surface area contributed by atoms with E-state index in [-0.39, 0.29) is 0 Å². The second-order valence-corrected chi connectivity index (χ2v) is 2.92. The molecule has 0 radical (unpaired) electrons. The van der Waals surface area contributed by atoms with Gasteiger partial charge in [-0.05, 0) is 6.92 Å². The van der Waals surface area contributed by atoms with Crippen LogP contribution in [-0.4, -0.2) is 53.1 Å². The second-order valence-electron chi connectivity index (χ2n) is 2.92. The lowest BCUT2D eigenvalue weighted by Crippen LogP contribution is -2.57. The van der Waals surface area contributed by atoms with Crippen molar-refractivity contribution in [3.8, 4) is 0 Å². The third-order valence-electron chi connectivity index (χ3n) is 2.04. The summed E-state index contributed by atoms with van der Waals surface area (Å²) >= 11 is 0. The van der Waals surface area contributed by atoms with Gasteiger partial charge in [-0.25, -0.2) is 0 Å². The first-order valence-corrected chi connectivity index (χ1v) is 4.80. The highest BCUT2D eigenvalue weighted by molar-refractivity contribution is 4.86. The highest BCUT2D eigenvalue weighted by atomic mass is 16.7. The van der Waals surface area contributed by atoms with E-state index in [1.165, 1.54) is 7.11 Å². The van der Waals surface area contributed by atoms with Crippen LogP contribution in [0.15, 0.2) is 0 Å². The molecule has 0 saturated carbocycles. The van der Waals surface area contributed by atoms with Crippen molar-refractivity contribution >= 4 is 0 Å². The predicted molar refractivity (Wildman–Crippen MR) is 50.7 cm³/mol. The van der Waals surface area contributed by atoms with E-state index in [2.05, 4.69) is 0 Å². The van der Waals surface area contributed by atoms with E-state index in [1.54, 1.807) is 6.92 Å². The quantitative estimate of drug-likeness (QED) is 0.540. The van der Waals surface area contributed by atoms with E-state index in [0.29, 0.717) is 0 Å². The van der Waals surface area contributed by atoms with Crippen molar-refractivity contribution in [1.29, 1.82) is 0 Å². The average Bonchev–Trinajstić information content (AvgIpc) is 2.23. The molecular weight excluding hydrogens is 188 g/mol. The highest BCUT2D eigenvalue weighted by Gasteiger charge is 2.41. The summed E-state index contributed by atoms with van der Waals surface area (Å²) in [5, 5.41) is 27.8. The van der Waals surface area contributed by atoms with Crippen LogP contribution in [-0.2, 0) is 9.47 Å². The Kier molecular flexibility index (Phi) is 6.22. The van der Waals surface area contributed by atoms with Crippen molar-refractivity contribution in [1.82, 2.24) is 0 Å². The average molecular weight is 208 g/mol. The normalized spacial score (nSPS) is 42.6. The van der Waals surface area contributed by atoms with Gasteiger partial charge in [0.15, 0.2) is 6.29 Å². The third-order valence-corrected chi connectivity index (χ3v) is 2.04. The number of hydrogen-bond donors (Lipinski definition) is 3. The van der Waals surface area contributed by atoms with Gasteiger partial charge in [0.1, 0.15) is 18.3 Å². The molecular formula is C9H20O5. The van der Waals surface area contributed by atoms with E-state index in [1.807, 2.05) is 13.8 Å². The maximum atomic E-state index is 9.27. The van der Waals surface area contributed by atoms with Crippen LogP contribution in [0.2, 0.25) is 0 Å². The molecule has 0 aromatic carbocycles. The summed E-state index contributed by atoms with van der Waals surface area (Å²) in [6.45, 7) is 5.60. The zero-order valence-corrected chi connectivity index (χ0v) is 9.04. The molecule has 1 fully saturated rings. The minimum atomic E-state index is -1.21. The summed E-state index contributed by atoms with van der Waals surface area (Å²) in [5.41, 5.74) is 0. The van der Waals surface area contributed by atoms with Gasteiger partial charge in [-0.3, -0.25) is 0 Å². The van der Waals surface area contributed by atoms with Crippen molar-refractivity contribution in [2.45, 2.75) is 51.5 Å². The number of aliphatic hydroxyl groups is 3. The fourth-order valence-electron chi connectivity index (χ4n) is 1.21. The third kappa shape index (κ3) is 2.90. The summed E-state index contributed by atoms with van der Waals surface area (Å²) < 4.78 is 9.80. The Morgan fingerprint density at radius 2 is 1.50 bits per heavy atom. The van der Waals surface area contributed by atoms with E-state index in [4.69, 9.17) is 9.47 Å². The van der Waals surface area contributed by atoms with Crippen LogP contribution in [0.4, 0.5) is 0 Å². The molecule has 0 bridgehead atoms. The number of ether oxygens (including phenoxy) is 2. The minimum absolute atomic E-state index is 0.534. The Bertz CT molecular complexity index is 147. The van der Waals surface area contributed by atoms with Gasteiger partial charge in [-0.2, -0.15) is 0 Å². The molecule has 1 aliphatic heterocycles. The Balaban J connectivity index is 0.000000791. The molecule has 5 heteroatoms. The first-order valence-electron chi connectivity index (χ1n) is 4.80. The Labute approximate surface area is 84.3 Å². The molecule has 5 nitrogen and oxygen atoms in total. The number of aliphatic hydroxyl groups excluding tert-OH is 3. The van der Waals surface area contributed by atoms with Gasteiger partial charge in [0.2, 0.25) is 0 Å². The number of rotatable bonds is 1. The maximum Gasteiger partial charge on any atom is 0.186 e. The summed E-state index contributed by atoms with van der Waals surface area (Å²) in [6, 6.07) is 0. The predicted octanol–water partition coefficient (Wildman–Crippen LogP) is -0.514. The fraction of sp³-hybridized carbons (Fsp3) is 1.00. The summed E-state index contributed by atoms with van der Waals surface area (Å²) in [7, 11) is 1.37. The zero-order chi connectivity index (χ0) is 11.3. The van der Waals surface area contributed by atoms with Crippen molar-refractivity contribution in [2.24, 2.45) is 0 Å². The Hall–Kier alpha value is -0.200. The first kappa shape index (κ1) is 13.8. The van der Waals surface area contributed by atoms with Gasteiger partial charge in [0.05, 0.1) is 6.10 Å². The van der Waals surface area contributed by atoms with E-state index < -0.39 is 30.7 Å². The summed E-state index contributed by atoms with van der Waals surface area (Å²) in [4.78, 5) is 0. The number of methoxy groups -OCH3 is 1. The van der Waals surface area contributed by atoms with Crippen LogP contribution in [0.5, 0.6) is 0 Å². The standard InChI is InChI=1S/C7H14O5.C2H6/c1-3-4(8)5(9)6(10)7(11-2)12-3;1-2/h3-10H,1-2H3;1-2H3. The van der Waals surface area contributed by atoms with Gasteiger partial charge in [0.25, 0.3) is 0 Å². The lowest BCUT2D eigenvalue weighted by Gasteiger charge is -2.38. The molecule has 86 valence electrons. The topological polar surface area (TPSA) is 79.2 Å². The van der Waals surface area contributed by atoms with E-state index >= 15 is 0 Å². The van der Waals surface area contributed by atoms with Gasteiger partial charge in [-0.15, -0.1) is 0 Å². The molecule has 1 saturated heterocycles. The molecule has 1 rings (SSSR count). The van der Waals surface area contributed by atoms with E-state index in [0.717, 1.165) is 0 Å². The molecule has 14 heavy (non-hydrogen) atoms. The van der Waals surface area contributed by atoms with Crippen LogP contribution >= 0.6 is 0 Å². The van der Waals surface area contributed by atoms with Crippen LogP contribution < -0.4 is 0 Å². The largest absolute Gasteiger partial charge is 0.388 e. The molecule has 5 unspecified atom stereocenters. The molecule has 0 spiro atoms. The molecule has 0 aliphatic carbocycles. The summed E-state index contributed by atoms with van der Waals surface area (Å²) in [5.74, 6) is 0. The fourth-order valence-corrected chi connectivity index (χ4v) is 1.21. The second kappa shape index (κ2) is 6.31. The monoisotopic (exact) mass is 208 g/mol. The van der Waals surface area contributed by atoms with Crippen molar-refractivity contribution in [3.63, 3.8) is 0 Å². The SMILES string of the molecule is CC.COC1OC(C)C(O)C(O)C1O. The zero-order valence-electron chi connectivity index (χ0n) is 9.04. The molecule has 0 amide bonds. The van der Waals surface area contributed by atoms with Crippen LogP contribution in [0.3, 0.4) is 0 Å². The molecule has 1 aliphatic rings. The Morgan fingerprint density at radius 3 is 1.93 bits per heavy atom. The van der Waals surface area contributed by atoms with Gasteiger partial charge >= 0.3 is 0 Å².